The van der Waals surface area contributed by atoms with Crippen molar-refractivity contribution in [3.63, 3.8) is 0 Å². The smallest absolute Gasteiger partial charge is 0.261 e. The molecule has 1 atom stereocenters. The number of amides is 1. The maximum absolute atomic E-state index is 13.6. The van der Waals surface area contributed by atoms with Gasteiger partial charge in [-0.05, 0) is 42.3 Å². The molecule has 0 bridgehead atoms. The van der Waals surface area contributed by atoms with Crippen LogP contribution in [0.3, 0.4) is 0 Å². The molecule has 13 heteroatoms. The second-order valence-corrected chi connectivity index (χ2v) is 9.21. The maximum atomic E-state index is 13.6. The van der Waals surface area contributed by atoms with Crippen molar-refractivity contribution in [1.82, 2.24) is 19.7 Å². The van der Waals surface area contributed by atoms with Gasteiger partial charge in [0.2, 0.25) is 10.0 Å². The first kappa shape index (κ1) is 30.0. The van der Waals surface area contributed by atoms with Crippen molar-refractivity contribution in [2.75, 3.05) is 40.0 Å². The number of methoxy groups -OCH3 is 1. The van der Waals surface area contributed by atoms with Gasteiger partial charge in [0, 0.05) is 38.6 Å². The summed E-state index contributed by atoms with van der Waals surface area (Å²) in [5, 5.41) is 9.38. The van der Waals surface area contributed by atoms with Gasteiger partial charge >= 0.3 is 0 Å². The van der Waals surface area contributed by atoms with Gasteiger partial charge in [-0.2, -0.15) is 4.31 Å². The van der Waals surface area contributed by atoms with Crippen LogP contribution in [0.15, 0.2) is 53.7 Å². The van der Waals surface area contributed by atoms with E-state index < -0.39 is 22.0 Å². The zero-order valence-corrected chi connectivity index (χ0v) is 21.2. The van der Waals surface area contributed by atoms with Crippen molar-refractivity contribution < 1.29 is 27.9 Å². The zero-order chi connectivity index (χ0) is 23.0. The predicted molar refractivity (Wildman–Crippen MR) is 130 cm³/mol. The normalized spacial score (nSPS) is 15.0. The van der Waals surface area contributed by atoms with Crippen molar-refractivity contribution in [3.05, 3.63) is 54.4 Å². The molecule has 2 N–H and O–H groups in total. The molecule has 1 unspecified atom stereocenters. The monoisotopic (exact) mass is 536 g/mol. The molecule has 1 aromatic carbocycles. The number of hydroxylamine groups is 1. The topological polar surface area (TPSA) is 121 Å². The van der Waals surface area contributed by atoms with E-state index in [9.17, 15) is 18.4 Å². The molecule has 0 aliphatic carbocycles. The minimum Gasteiger partial charge on any atom is -0.497 e. The zero-order valence-electron chi connectivity index (χ0n) is 18.7. The van der Waals surface area contributed by atoms with Crippen LogP contribution < -0.4 is 10.2 Å². The Hall–Kier alpha value is -1.99. The number of nitrogens with one attached hydrogen (secondary N) is 1. The van der Waals surface area contributed by atoms with E-state index in [-0.39, 0.29) is 42.7 Å². The van der Waals surface area contributed by atoms with Crippen molar-refractivity contribution in [2.24, 2.45) is 0 Å². The van der Waals surface area contributed by atoms with Gasteiger partial charge < -0.3 is 9.47 Å². The molecule has 1 saturated heterocycles. The van der Waals surface area contributed by atoms with Gasteiger partial charge in [-0.1, -0.05) is 6.07 Å². The molecular formula is C21H30Cl2N4O6S. The van der Waals surface area contributed by atoms with Crippen LogP contribution in [0.2, 0.25) is 0 Å². The largest absolute Gasteiger partial charge is 0.497 e. The summed E-state index contributed by atoms with van der Waals surface area (Å²) in [4.78, 5) is 18.8. The lowest BCUT2D eigenvalue weighted by Crippen LogP contribution is -2.50. The number of ether oxygens (including phenoxy) is 2. The summed E-state index contributed by atoms with van der Waals surface area (Å²) in [7, 11) is -2.61. The Balaban J connectivity index is 0.00000289. The minimum atomic E-state index is -4.10. The number of benzene rings is 1. The summed E-state index contributed by atoms with van der Waals surface area (Å²) >= 11 is 0. The maximum Gasteiger partial charge on any atom is 0.261 e. The summed E-state index contributed by atoms with van der Waals surface area (Å²) in [5.41, 5.74) is 2.25. The summed E-state index contributed by atoms with van der Waals surface area (Å²) in [6.45, 7) is 2.95. The molecule has 34 heavy (non-hydrogen) atoms. The fraction of sp³-hybridized carbons (Fsp3) is 0.429. The number of aromatic nitrogens is 1. The highest BCUT2D eigenvalue weighted by atomic mass is 35.5. The molecule has 3 rings (SSSR count). The quantitative estimate of drug-likeness (QED) is 0.347. The summed E-state index contributed by atoms with van der Waals surface area (Å²) in [5.74, 6) is -0.279. The first-order valence-corrected chi connectivity index (χ1v) is 11.7. The molecule has 1 aliphatic rings. The number of nitrogens with zero attached hydrogens (tertiary/aromatic N) is 3. The molecule has 0 saturated carbocycles. The molecule has 2 aromatic rings. The number of carbonyl (C=O) groups excluding carboxylic acids is 1. The highest BCUT2D eigenvalue weighted by molar-refractivity contribution is 7.89. The third kappa shape index (κ3) is 7.77. The number of hydrogen-bond donors (Lipinski definition) is 2. The minimum absolute atomic E-state index is 0. The number of pyridine rings is 1. The molecular weight excluding hydrogens is 507 g/mol. The number of rotatable bonds is 10. The van der Waals surface area contributed by atoms with E-state index in [1.54, 1.807) is 42.1 Å². The van der Waals surface area contributed by atoms with Crippen LogP contribution in [0.4, 0.5) is 0 Å². The number of carbonyl (C=O) groups is 1. The van der Waals surface area contributed by atoms with Gasteiger partial charge in [0.15, 0.2) is 0 Å². The van der Waals surface area contributed by atoms with E-state index in [4.69, 9.17) is 9.47 Å². The van der Waals surface area contributed by atoms with Gasteiger partial charge in [-0.15, -0.1) is 24.8 Å². The first-order chi connectivity index (χ1) is 15.5. The van der Waals surface area contributed by atoms with E-state index in [1.807, 2.05) is 0 Å². The SMILES string of the molecule is COc1ccc(S(=O)(=O)N(Cc2cccnc2)C(CCN2CCOCC2)C(=O)NO)cc1.Cl.Cl. The van der Waals surface area contributed by atoms with Crippen LogP contribution in [0.25, 0.3) is 0 Å². The number of halogens is 2. The lowest BCUT2D eigenvalue weighted by atomic mass is 10.1. The second-order valence-electron chi connectivity index (χ2n) is 7.32. The van der Waals surface area contributed by atoms with Crippen LogP contribution in [-0.4, -0.2) is 79.7 Å². The number of sulfonamides is 1. The van der Waals surface area contributed by atoms with Crippen LogP contribution in [0, 0.1) is 0 Å². The lowest BCUT2D eigenvalue weighted by molar-refractivity contribution is -0.133. The molecule has 1 amide bonds. The summed E-state index contributed by atoms with van der Waals surface area (Å²) in [6, 6.07) is 8.26. The van der Waals surface area contributed by atoms with Crippen LogP contribution in [-0.2, 0) is 26.1 Å². The highest BCUT2D eigenvalue weighted by Crippen LogP contribution is 2.25. The van der Waals surface area contributed by atoms with Gasteiger partial charge in [0.25, 0.3) is 5.91 Å². The Bertz CT molecular complexity index is 977. The van der Waals surface area contributed by atoms with E-state index in [0.29, 0.717) is 44.2 Å². The average Bonchev–Trinajstić information content (AvgIpc) is 2.84. The van der Waals surface area contributed by atoms with Gasteiger partial charge in [0.1, 0.15) is 11.8 Å². The van der Waals surface area contributed by atoms with E-state index in [2.05, 4.69) is 9.88 Å². The third-order valence-electron chi connectivity index (χ3n) is 5.31. The molecule has 1 aliphatic heterocycles. The standard InChI is InChI=1S/C21H28N4O6S.2ClH/c1-30-18-4-6-19(7-5-18)32(28,29)25(16-17-3-2-9-22-15-17)20(21(26)23-27)8-10-24-11-13-31-14-12-24;;/h2-7,9,15,20,27H,8,10-14,16H2,1H3,(H,23,26);2*1H. The first-order valence-electron chi connectivity index (χ1n) is 10.2. The molecule has 190 valence electrons. The summed E-state index contributed by atoms with van der Waals surface area (Å²) in [6.07, 6.45) is 3.33. The molecule has 0 spiro atoms. The van der Waals surface area contributed by atoms with Crippen LogP contribution in [0.1, 0.15) is 12.0 Å². The van der Waals surface area contributed by atoms with Crippen molar-refractivity contribution in [1.29, 1.82) is 0 Å². The fourth-order valence-electron chi connectivity index (χ4n) is 3.53. The molecule has 10 nitrogen and oxygen atoms in total. The Morgan fingerprint density at radius 1 is 1.24 bits per heavy atom. The second kappa shape index (κ2) is 14.4. The Morgan fingerprint density at radius 3 is 2.47 bits per heavy atom. The molecule has 0 radical (unpaired) electrons. The lowest BCUT2D eigenvalue weighted by Gasteiger charge is -2.32. The molecule has 2 heterocycles. The van der Waals surface area contributed by atoms with Crippen LogP contribution >= 0.6 is 24.8 Å². The number of hydrogen-bond acceptors (Lipinski definition) is 8. The fourth-order valence-corrected chi connectivity index (χ4v) is 5.13. The third-order valence-corrected chi connectivity index (χ3v) is 7.18. The van der Waals surface area contributed by atoms with E-state index >= 15 is 0 Å². The van der Waals surface area contributed by atoms with Gasteiger partial charge in [-0.25, -0.2) is 13.9 Å². The highest BCUT2D eigenvalue weighted by Gasteiger charge is 2.36. The molecule has 1 fully saturated rings. The Morgan fingerprint density at radius 2 is 1.91 bits per heavy atom. The Labute approximate surface area is 212 Å². The van der Waals surface area contributed by atoms with E-state index in [0.717, 1.165) is 4.31 Å². The van der Waals surface area contributed by atoms with Gasteiger partial charge in [0.05, 0.1) is 25.2 Å². The molecule has 1 aromatic heterocycles. The predicted octanol–water partition coefficient (Wildman–Crippen LogP) is 1.72. The van der Waals surface area contributed by atoms with Crippen molar-refractivity contribution in [2.45, 2.75) is 23.9 Å². The summed E-state index contributed by atoms with van der Waals surface area (Å²) < 4.78 is 38.8. The van der Waals surface area contributed by atoms with Crippen LogP contribution in [0.5, 0.6) is 5.75 Å². The van der Waals surface area contributed by atoms with Crippen molar-refractivity contribution >= 4 is 40.7 Å². The average molecular weight is 537 g/mol. The van der Waals surface area contributed by atoms with E-state index in [1.165, 1.54) is 19.2 Å². The number of morpholine rings is 1. The Kier molecular flexibility index (Phi) is 12.7. The van der Waals surface area contributed by atoms with Crippen molar-refractivity contribution in [3.8, 4) is 5.75 Å². The van der Waals surface area contributed by atoms with Gasteiger partial charge in [-0.3, -0.25) is 19.9 Å².